The van der Waals surface area contributed by atoms with Crippen LogP contribution in [0.1, 0.15) is 27.9 Å². The monoisotopic (exact) mass is 504 g/mol. The van der Waals surface area contributed by atoms with Gasteiger partial charge in [0.1, 0.15) is 0 Å². The minimum Gasteiger partial charge on any atom is -0.337 e. The summed E-state index contributed by atoms with van der Waals surface area (Å²) in [6.45, 7) is 5.55. The van der Waals surface area contributed by atoms with Crippen molar-refractivity contribution in [1.29, 1.82) is 0 Å². The van der Waals surface area contributed by atoms with Crippen LogP contribution < -0.4 is 4.90 Å². The summed E-state index contributed by atoms with van der Waals surface area (Å²) in [6.07, 6.45) is 6.31. The average Bonchev–Trinajstić information content (AvgIpc) is 3.34. The Kier molecular flexibility index (Phi) is 7.28. The van der Waals surface area contributed by atoms with Crippen LogP contribution in [0, 0.1) is 13.8 Å². The molecule has 0 unspecified atom stereocenters. The van der Waals surface area contributed by atoms with E-state index < -0.39 is 0 Å². The molecule has 30 heavy (non-hydrogen) atoms. The van der Waals surface area contributed by atoms with Gasteiger partial charge in [-0.05, 0) is 55.7 Å². The highest BCUT2D eigenvalue weighted by Gasteiger charge is 2.22. The zero-order chi connectivity index (χ0) is 20.4. The second-order valence-electron chi connectivity index (χ2n) is 7.05. The first-order chi connectivity index (χ1) is 14.0. The first kappa shape index (κ1) is 22.5. The van der Waals surface area contributed by atoms with Crippen molar-refractivity contribution in [2.24, 2.45) is 0 Å². The van der Waals surface area contributed by atoms with Gasteiger partial charge in [0.25, 0.3) is 5.91 Å². The molecular weight excluding hydrogens is 484 g/mol. The number of nitrogens with zero attached hydrogens (tertiary/aromatic N) is 4. The van der Waals surface area contributed by atoms with Gasteiger partial charge in [-0.25, -0.2) is 9.97 Å². The third-order valence-electron chi connectivity index (χ3n) is 4.71. The van der Waals surface area contributed by atoms with Crippen LogP contribution in [-0.2, 0) is 6.54 Å². The van der Waals surface area contributed by atoms with E-state index in [1.54, 1.807) is 28.8 Å². The number of halogens is 2. The second kappa shape index (κ2) is 9.73. The Morgan fingerprint density at radius 2 is 2.07 bits per heavy atom. The molecule has 1 amide bonds. The third-order valence-corrected chi connectivity index (χ3v) is 6.44. The molecule has 0 saturated heterocycles. The third kappa shape index (κ3) is 4.91. The number of fused-ring (bicyclic) bond motifs is 1. The Hall–Kier alpha value is -2.22. The van der Waals surface area contributed by atoms with Crippen molar-refractivity contribution < 1.29 is 4.79 Å². The number of thiazole rings is 1. The molecule has 156 valence electrons. The Labute approximate surface area is 194 Å². The molecule has 0 spiro atoms. The van der Waals surface area contributed by atoms with E-state index >= 15 is 0 Å². The second-order valence-corrected chi connectivity index (χ2v) is 8.94. The molecule has 2 aromatic carbocycles. The van der Waals surface area contributed by atoms with Gasteiger partial charge in [0.15, 0.2) is 5.13 Å². The zero-order valence-electron chi connectivity index (χ0n) is 16.7. The van der Waals surface area contributed by atoms with Crippen LogP contribution in [0.2, 0.25) is 0 Å². The zero-order valence-corrected chi connectivity index (χ0v) is 19.9. The molecule has 2 aromatic heterocycles. The molecule has 0 radical (unpaired) electrons. The van der Waals surface area contributed by atoms with Crippen LogP contribution in [0.25, 0.3) is 10.2 Å². The quantitative estimate of drug-likeness (QED) is 0.321. The Balaban J connectivity index is 0.00000256. The van der Waals surface area contributed by atoms with Crippen molar-refractivity contribution in [3.05, 3.63) is 76.3 Å². The molecule has 0 fully saturated rings. The normalized spacial score (nSPS) is 10.8. The predicted octanol–water partition coefficient (Wildman–Crippen LogP) is 6.03. The standard InChI is InChI=1S/C22H21BrN4OS.ClH/c1-15-11-16(2)20-19(12-15)25-22(29-20)27(9-4-8-26-10-7-24-14-26)21(28)17-5-3-6-18(23)13-17;/h3,5-7,10-14H,4,8-9H2,1-2H3;1H. The summed E-state index contributed by atoms with van der Waals surface area (Å²) < 4.78 is 4.04. The SMILES string of the molecule is Cc1cc(C)c2sc(N(CCCn3ccnc3)C(=O)c3cccc(Br)c3)nc2c1.Cl. The molecule has 0 N–H and O–H groups in total. The van der Waals surface area contributed by atoms with Gasteiger partial charge in [-0.15, -0.1) is 12.4 Å². The predicted molar refractivity (Wildman–Crippen MR) is 129 cm³/mol. The maximum Gasteiger partial charge on any atom is 0.260 e. The molecule has 0 aliphatic rings. The van der Waals surface area contributed by atoms with Crippen molar-refractivity contribution >= 4 is 60.9 Å². The maximum absolute atomic E-state index is 13.4. The van der Waals surface area contributed by atoms with Crippen LogP contribution >= 0.6 is 39.7 Å². The first-order valence-electron chi connectivity index (χ1n) is 9.42. The van der Waals surface area contributed by atoms with Gasteiger partial charge in [-0.1, -0.05) is 39.4 Å². The highest BCUT2D eigenvalue weighted by atomic mass is 79.9. The summed E-state index contributed by atoms with van der Waals surface area (Å²) in [4.78, 5) is 24.1. The molecule has 2 heterocycles. The largest absolute Gasteiger partial charge is 0.337 e. The lowest BCUT2D eigenvalue weighted by molar-refractivity contribution is 0.0986. The number of imidazole rings is 1. The van der Waals surface area contributed by atoms with E-state index in [9.17, 15) is 4.79 Å². The van der Waals surface area contributed by atoms with E-state index in [4.69, 9.17) is 4.98 Å². The topological polar surface area (TPSA) is 51.0 Å². The number of aryl methyl sites for hydroxylation is 3. The van der Waals surface area contributed by atoms with Crippen molar-refractivity contribution in [1.82, 2.24) is 14.5 Å². The number of rotatable bonds is 6. The van der Waals surface area contributed by atoms with Crippen LogP contribution in [0.15, 0.2) is 59.6 Å². The molecule has 0 aliphatic heterocycles. The number of amides is 1. The number of anilines is 1. The number of carbonyl (C=O) groups is 1. The van der Waals surface area contributed by atoms with Gasteiger partial charge in [-0.3, -0.25) is 9.69 Å². The van der Waals surface area contributed by atoms with Gasteiger partial charge in [-0.2, -0.15) is 0 Å². The van der Waals surface area contributed by atoms with Crippen molar-refractivity contribution in [2.45, 2.75) is 26.8 Å². The molecule has 8 heteroatoms. The number of hydrogen-bond acceptors (Lipinski definition) is 4. The maximum atomic E-state index is 13.4. The molecule has 0 bridgehead atoms. The molecule has 0 saturated carbocycles. The van der Waals surface area contributed by atoms with Gasteiger partial charge in [0, 0.05) is 35.5 Å². The summed E-state index contributed by atoms with van der Waals surface area (Å²) in [7, 11) is 0. The average molecular weight is 506 g/mol. The number of benzene rings is 2. The number of hydrogen-bond donors (Lipinski definition) is 0. The number of carbonyl (C=O) groups excluding carboxylic acids is 1. The van der Waals surface area contributed by atoms with Crippen LogP contribution in [-0.4, -0.2) is 27.0 Å². The van der Waals surface area contributed by atoms with E-state index in [0.29, 0.717) is 12.1 Å². The van der Waals surface area contributed by atoms with E-state index in [1.807, 2.05) is 35.0 Å². The van der Waals surface area contributed by atoms with Crippen LogP contribution in [0.4, 0.5) is 5.13 Å². The summed E-state index contributed by atoms with van der Waals surface area (Å²) in [5.41, 5.74) is 3.96. The fraction of sp³-hybridized carbons (Fsp3) is 0.227. The van der Waals surface area contributed by atoms with Gasteiger partial charge < -0.3 is 4.57 Å². The Bertz CT molecular complexity index is 1160. The Morgan fingerprint density at radius 1 is 1.23 bits per heavy atom. The minimum atomic E-state index is -0.0367. The fourth-order valence-electron chi connectivity index (χ4n) is 3.37. The summed E-state index contributed by atoms with van der Waals surface area (Å²) in [5.74, 6) is -0.0367. The van der Waals surface area contributed by atoms with Crippen LogP contribution in [0.5, 0.6) is 0 Å². The van der Waals surface area contributed by atoms with Gasteiger partial charge in [0.2, 0.25) is 0 Å². The smallest absolute Gasteiger partial charge is 0.260 e. The molecule has 4 aromatic rings. The van der Waals surface area contributed by atoms with E-state index in [2.05, 4.69) is 46.9 Å². The minimum absolute atomic E-state index is 0. The van der Waals surface area contributed by atoms with E-state index in [0.717, 1.165) is 32.8 Å². The van der Waals surface area contributed by atoms with Gasteiger partial charge >= 0.3 is 0 Å². The summed E-state index contributed by atoms with van der Waals surface area (Å²) in [6, 6.07) is 11.7. The van der Waals surface area contributed by atoms with Crippen molar-refractivity contribution in [3.8, 4) is 0 Å². The molecule has 0 aliphatic carbocycles. The molecule has 0 atom stereocenters. The Morgan fingerprint density at radius 3 is 2.80 bits per heavy atom. The van der Waals surface area contributed by atoms with Crippen molar-refractivity contribution in [3.63, 3.8) is 0 Å². The summed E-state index contributed by atoms with van der Waals surface area (Å²) in [5, 5.41) is 0.740. The van der Waals surface area contributed by atoms with Crippen LogP contribution in [0.3, 0.4) is 0 Å². The molecule has 4 rings (SSSR count). The summed E-state index contributed by atoms with van der Waals surface area (Å²) >= 11 is 5.05. The first-order valence-corrected chi connectivity index (χ1v) is 11.0. The van der Waals surface area contributed by atoms with Crippen molar-refractivity contribution in [2.75, 3.05) is 11.4 Å². The molecular formula is C22H22BrClN4OS. The highest BCUT2D eigenvalue weighted by Crippen LogP contribution is 2.33. The lowest BCUT2D eigenvalue weighted by atomic mass is 10.1. The highest BCUT2D eigenvalue weighted by molar-refractivity contribution is 9.10. The lowest BCUT2D eigenvalue weighted by Crippen LogP contribution is -2.32. The fourth-order valence-corrected chi connectivity index (χ4v) is 4.81. The molecule has 5 nitrogen and oxygen atoms in total. The number of aromatic nitrogens is 3. The van der Waals surface area contributed by atoms with E-state index in [1.165, 1.54) is 11.1 Å². The van der Waals surface area contributed by atoms with E-state index in [-0.39, 0.29) is 18.3 Å². The lowest BCUT2D eigenvalue weighted by Gasteiger charge is -2.20. The van der Waals surface area contributed by atoms with Gasteiger partial charge in [0.05, 0.1) is 16.5 Å².